The Morgan fingerprint density at radius 3 is 2.62 bits per heavy atom. The highest BCUT2D eigenvalue weighted by molar-refractivity contribution is 7.93. The van der Waals surface area contributed by atoms with Gasteiger partial charge in [-0.2, -0.15) is 8.78 Å². The summed E-state index contributed by atoms with van der Waals surface area (Å²) in [5.74, 6) is -3.42. The molecule has 0 fully saturated rings. The number of alkyl halides is 2. The van der Waals surface area contributed by atoms with E-state index in [1.54, 1.807) is 25.1 Å². The number of fused-ring (bicyclic) bond motifs is 1. The molecule has 0 saturated heterocycles. The van der Waals surface area contributed by atoms with Gasteiger partial charge in [-0.1, -0.05) is 12.1 Å². The van der Waals surface area contributed by atoms with Crippen LogP contribution in [0.4, 0.5) is 8.78 Å². The zero-order valence-electron chi connectivity index (χ0n) is 8.15. The number of hydrogen-bond acceptors (Lipinski definition) is 4. The Hall–Kier alpha value is -1.08. The molecule has 1 aromatic heterocycles. The average molecular weight is 263 g/mol. The molecule has 0 bridgehead atoms. The van der Waals surface area contributed by atoms with Gasteiger partial charge in [0, 0.05) is 0 Å². The van der Waals surface area contributed by atoms with Crippen molar-refractivity contribution in [3.63, 3.8) is 0 Å². The van der Waals surface area contributed by atoms with Gasteiger partial charge < -0.3 is 0 Å². The Labute approximate surface area is 94.7 Å². The molecule has 7 heteroatoms. The normalized spacial score (nSPS) is 12.5. The monoisotopic (exact) mass is 263 g/mol. The van der Waals surface area contributed by atoms with Gasteiger partial charge in [0.1, 0.15) is 0 Å². The summed E-state index contributed by atoms with van der Waals surface area (Å²) in [4.78, 5) is 3.76. The first-order valence-electron chi connectivity index (χ1n) is 4.31. The number of aromatic nitrogens is 1. The first-order valence-corrected chi connectivity index (χ1v) is 6.67. The van der Waals surface area contributed by atoms with E-state index >= 15 is 0 Å². The van der Waals surface area contributed by atoms with E-state index in [9.17, 15) is 17.2 Å². The lowest BCUT2D eigenvalue weighted by Gasteiger charge is -1.95. The summed E-state index contributed by atoms with van der Waals surface area (Å²) in [6, 6.07) is 5.14. The number of nitrogens with zero attached hydrogens (tertiary/aromatic N) is 1. The van der Waals surface area contributed by atoms with Crippen LogP contribution in [0.5, 0.6) is 0 Å². The molecule has 0 saturated carbocycles. The molecule has 0 unspecified atom stereocenters. The molecule has 86 valence electrons. The number of hydrogen-bond donors (Lipinski definition) is 0. The second-order valence-electron chi connectivity index (χ2n) is 3.21. The molecule has 2 aromatic rings. The van der Waals surface area contributed by atoms with E-state index in [2.05, 4.69) is 4.98 Å². The summed E-state index contributed by atoms with van der Waals surface area (Å²) >= 11 is 0.768. The molecule has 0 atom stereocenters. The van der Waals surface area contributed by atoms with Gasteiger partial charge in [-0.3, -0.25) is 0 Å². The number of para-hydroxylation sites is 1. The standard InChI is InChI=1S/C9H7F2NO2S2/c1-5-3-2-4-6-7(5)12-9(15-6)16(13,14)8(10)11/h2-4,8H,1H3. The van der Waals surface area contributed by atoms with Crippen molar-refractivity contribution in [1.29, 1.82) is 0 Å². The van der Waals surface area contributed by atoms with Crippen molar-refractivity contribution in [2.24, 2.45) is 0 Å². The maximum absolute atomic E-state index is 12.3. The average Bonchev–Trinajstić information content (AvgIpc) is 2.63. The maximum Gasteiger partial charge on any atom is 0.343 e. The smallest absolute Gasteiger partial charge is 0.225 e. The van der Waals surface area contributed by atoms with Crippen molar-refractivity contribution in [3.05, 3.63) is 23.8 Å². The van der Waals surface area contributed by atoms with Crippen LogP contribution in [-0.4, -0.2) is 19.2 Å². The summed E-state index contributed by atoms with van der Waals surface area (Å²) in [6.07, 6.45) is 0. The number of benzene rings is 1. The molecule has 0 amide bonds. The van der Waals surface area contributed by atoms with Crippen LogP contribution in [0.2, 0.25) is 0 Å². The number of halogens is 2. The number of sulfone groups is 1. The van der Waals surface area contributed by atoms with Crippen LogP contribution < -0.4 is 0 Å². The Morgan fingerprint density at radius 1 is 1.38 bits per heavy atom. The van der Waals surface area contributed by atoms with Crippen molar-refractivity contribution < 1.29 is 17.2 Å². The van der Waals surface area contributed by atoms with Crippen LogP contribution in [0.3, 0.4) is 0 Å². The lowest BCUT2D eigenvalue weighted by Crippen LogP contribution is -2.10. The summed E-state index contributed by atoms with van der Waals surface area (Å²) in [5.41, 5.74) is 1.23. The first kappa shape index (κ1) is 11.4. The predicted octanol–water partition coefficient (Wildman–Crippen LogP) is 2.60. The summed E-state index contributed by atoms with van der Waals surface area (Å²) in [6.45, 7) is 1.75. The largest absolute Gasteiger partial charge is 0.343 e. The van der Waals surface area contributed by atoms with E-state index in [1.807, 2.05) is 0 Å². The van der Waals surface area contributed by atoms with E-state index in [4.69, 9.17) is 0 Å². The Bertz CT molecular complexity index is 634. The number of aryl methyl sites for hydroxylation is 1. The van der Waals surface area contributed by atoms with Gasteiger partial charge in [0.2, 0.25) is 4.34 Å². The third-order valence-corrected chi connectivity index (χ3v) is 4.89. The highest BCUT2D eigenvalue weighted by Crippen LogP contribution is 2.29. The van der Waals surface area contributed by atoms with Crippen LogP contribution in [0, 0.1) is 6.92 Å². The van der Waals surface area contributed by atoms with Crippen molar-refractivity contribution >= 4 is 31.4 Å². The molecule has 0 N–H and O–H groups in total. The van der Waals surface area contributed by atoms with Crippen LogP contribution in [0.15, 0.2) is 22.5 Å². The Morgan fingerprint density at radius 2 is 2.06 bits per heavy atom. The summed E-state index contributed by atoms with van der Waals surface area (Å²) in [7, 11) is -4.58. The fraction of sp³-hybridized carbons (Fsp3) is 0.222. The minimum Gasteiger partial charge on any atom is -0.225 e. The molecule has 3 nitrogen and oxygen atoms in total. The van der Waals surface area contributed by atoms with E-state index in [-0.39, 0.29) is 0 Å². The van der Waals surface area contributed by atoms with Crippen molar-refractivity contribution in [2.75, 3.05) is 0 Å². The highest BCUT2D eigenvalue weighted by atomic mass is 32.2. The molecular formula is C9H7F2NO2S2. The van der Waals surface area contributed by atoms with Crippen LogP contribution in [-0.2, 0) is 9.84 Å². The minimum atomic E-state index is -4.58. The quantitative estimate of drug-likeness (QED) is 0.836. The van der Waals surface area contributed by atoms with E-state index in [0.717, 1.165) is 16.9 Å². The predicted molar refractivity (Wildman–Crippen MR) is 57.5 cm³/mol. The molecular weight excluding hydrogens is 256 g/mol. The van der Waals surface area contributed by atoms with Gasteiger partial charge >= 0.3 is 5.76 Å². The Kier molecular flexibility index (Phi) is 2.67. The van der Waals surface area contributed by atoms with Gasteiger partial charge in [-0.15, -0.1) is 11.3 Å². The van der Waals surface area contributed by atoms with Gasteiger partial charge in [0.25, 0.3) is 9.84 Å². The first-order chi connectivity index (χ1) is 7.43. The fourth-order valence-electron chi connectivity index (χ4n) is 1.26. The van der Waals surface area contributed by atoms with Gasteiger partial charge in [0.15, 0.2) is 0 Å². The number of thiazole rings is 1. The topological polar surface area (TPSA) is 47.0 Å². The zero-order chi connectivity index (χ0) is 11.9. The van der Waals surface area contributed by atoms with Gasteiger partial charge in [-0.25, -0.2) is 13.4 Å². The molecule has 1 heterocycles. The van der Waals surface area contributed by atoms with Crippen molar-refractivity contribution in [2.45, 2.75) is 17.0 Å². The molecule has 2 rings (SSSR count). The molecule has 0 aliphatic carbocycles. The SMILES string of the molecule is Cc1cccc2sc(S(=O)(=O)C(F)F)nc12. The van der Waals surface area contributed by atoms with Crippen LogP contribution in [0.25, 0.3) is 10.2 Å². The van der Waals surface area contributed by atoms with E-state index in [1.165, 1.54) is 0 Å². The fourth-order valence-corrected chi connectivity index (χ4v) is 3.36. The molecule has 1 aromatic carbocycles. The summed E-state index contributed by atoms with van der Waals surface area (Å²) in [5, 5.41) is 0. The number of rotatable bonds is 2. The van der Waals surface area contributed by atoms with Crippen LogP contribution >= 0.6 is 11.3 Å². The second kappa shape index (κ2) is 3.74. The zero-order valence-corrected chi connectivity index (χ0v) is 9.78. The molecule has 0 aliphatic rings. The molecule has 0 aliphatic heterocycles. The van der Waals surface area contributed by atoms with E-state index in [0.29, 0.717) is 10.2 Å². The minimum absolute atomic E-state index is 0.465. The van der Waals surface area contributed by atoms with Gasteiger partial charge in [0.05, 0.1) is 10.2 Å². The molecule has 0 spiro atoms. The molecule has 16 heavy (non-hydrogen) atoms. The lowest BCUT2D eigenvalue weighted by molar-refractivity contribution is 0.234. The maximum atomic E-state index is 12.3. The lowest BCUT2D eigenvalue weighted by atomic mass is 10.2. The Balaban J connectivity index is 2.70. The van der Waals surface area contributed by atoms with Crippen molar-refractivity contribution in [3.8, 4) is 0 Å². The van der Waals surface area contributed by atoms with Gasteiger partial charge in [-0.05, 0) is 18.6 Å². The molecule has 0 radical (unpaired) electrons. The van der Waals surface area contributed by atoms with Crippen molar-refractivity contribution in [1.82, 2.24) is 4.98 Å². The third-order valence-electron chi connectivity index (χ3n) is 2.08. The van der Waals surface area contributed by atoms with E-state index < -0.39 is 19.9 Å². The third kappa shape index (κ3) is 1.69. The summed E-state index contributed by atoms with van der Waals surface area (Å²) < 4.78 is 47.1. The van der Waals surface area contributed by atoms with Crippen LogP contribution in [0.1, 0.15) is 5.56 Å². The second-order valence-corrected chi connectivity index (χ2v) is 6.33. The highest BCUT2D eigenvalue weighted by Gasteiger charge is 2.30.